The third-order valence-corrected chi connectivity index (χ3v) is 3.88. The highest BCUT2D eigenvalue weighted by Gasteiger charge is 2.26. The maximum Gasteiger partial charge on any atom is 0.257 e. The Labute approximate surface area is 109 Å². The van der Waals surface area contributed by atoms with Crippen molar-refractivity contribution in [2.45, 2.75) is 27.7 Å². The quantitative estimate of drug-likeness (QED) is 0.805. The Bertz CT molecular complexity index is 443. The molecule has 1 fully saturated rings. The molecule has 1 saturated heterocycles. The lowest BCUT2D eigenvalue weighted by Gasteiger charge is -2.34. The average Bonchev–Trinajstić information content (AvgIpc) is 2.63. The van der Waals surface area contributed by atoms with E-state index in [2.05, 4.69) is 11.8 Å². The van der Waals surface area contributed by atoms with E-state index in [0.29, 0.717) is 0 Å². The topological polar surface area (TPSA) is 36.7 Å². The molecule has 4 nitrogen and oxygen atoms in total. The van der Waals surface area contributed by atoms with E-state index in [-0.39, 0.29) is 5.91 Å². The Kier molecular flexibility index (Phi) is 3.76. The first-order chi connectivity index (χ1) is 8.54. The average molecular weight is 250 g/mol. The molecule has 0 atom stereocenters. The first-order valence-electron chi connectivity index (χ1n) is 6.62. The SMILES string of the molecule is CCN1CCN(C(=O)c2c(C)oc(C)c2C)CC1. The number of rotatable bonds is 2. The maximum absolute atomic E-state index is 12.5. The van der Waals surface area contributed by atoms with Crippen molar-refractivity contribution in [3.8, 4) is 0 Å². The highest BCUT2D eigenvalue weighted by molar-refractivity contribution is 5.97. The molecule has 1 aliphatic rings. The molecule has 0 saturated carbocycles. The molecule has 1 aromatic rings. The number of carbonyl (C=O) groups excluding carboxylic acids is 1. The van der Waals surface area contributed by atoms with Crippen LogP contribution in [-0.2, 0) is 0 Å². The van der Waals surface area contributed by atoms with Crippen molar-refractivity contribution >= 4 is 5.91 Å². The standard InChI is InChI=1S/C14H22N2O2/c1-5-15-6-8-16(9-7-15)14(17)13-10(2)11(3)18-12(13)4/h5-9H2,1-4H3. The van der Waals surface area contributed by atoms with E-state index >= 15 is 0 Å². The summed E-state index contributed by atoms with van der Waals surface area (Å²) in [5.41, 5.74) is 1.74. The minimum atomic E-state index is 0.123. The summed E-state index contributed by atoms with van der Waals surface area (Å²) >= 11 is 0. The van der Waals surface area contributed by atoms with Gasteiger partial charge in [0, 0.05) is 31.7 Å². The summed E-state index contributed by atoms with van der Waals surface area (Å²) in [5, 5.41) is 0. The summed E-state index contributed by atoms with van der Waals surface area (Å²) in [4.78, 5) is 16.8. The second-order valence-electron chi connectivity index (χ2n) is 4.94. The highest BCUT2D eigenvalue weighted by atomic mass is 16.3. The maximum atomic E-state index is 12.5. The molecule has 1 amide bonds. The zero-order chi connectivity index (χ0) is 13.3. The molecule has 1 aliphatic heterocycles. The van der Waals surface area contributed by atoms with Crippen LogP contribution in [0.1, 0.15) is 34.4 Å². The Morgan fingerprint density at radius 2 is 1.72 bits per heavy atom. The van der Waals surface area contributed by atoms with E-state index in [4.69, 9.17) is 4.42 Å². The van der Waals surface area contributed by atoms with E-state index in [1.54, 1.807) is 0 Å². The van der Waals surface area contributed by atoms with Crippen molar-refractivity contribution in [1.82, 2.24) is 9.80 Å². The van der Waals surface area contributed by atoms with Gasteiger partial charge >= 0.3 is 0 Å². The van der Waals surface area contributed by atoms with Gasteiger partial charge in [0.15, 0.2) is 0 Å². The largest absolute Gasteiger partial charge is 0.466 e. The fourth-order valence-corrected chi connectivity index (χ4v) is 2.53. The van der Waals surface area contributed by atoms with Gasteiger partial charge in [0.1, 0.15) is 11.5 Å². The molecule has 2 rings (SSSR count). The second-order valence-corrected chi connectivity index (χ2v) is 4.94. The smallest absolute Gasteiger partial charge is 0.257 e. The Hall–Kier alpha value is -1.29. The van der Waals surface area contributed by atoms with Crippen LogP contribution in [-0.4, -0.2) is 48.4 Å². The first-order valence-corrected chi connectivity index (χ1v) is 6.62. The summed E-state index contributed by atoms with van der Waals surface area (Å²) in [7, 11) is 0. The third-order valence-electron chi connectivity index (χ3n) is 3.88. The van der Waals surface area contributed by atoms with Crippen molar-refractivity contribution < 1.29 is 9.21 Å². The molecule has 1 aromatic heterocycles. The van der Waals surface area contributed by atoms with Crippen LogP contribution in [0.25, 0.3) is 0 Å². The minimum absolute atomic E-state index is 0.123. The van der Waals surface area contributed by atoms with Crippen LogP contribution in [0.5, 0.6) is 0 Å². The monoisotopic (exact) mass is 250 g/mol. The molecular weight excluding hydrogens is 228 g/mol. The molecule has 0 spiro atoms. The minimum Gasteiger partial charge on any atom is -0.466 e. The molecular formula is C14H22N2O2. The fraction of sp³-hybridized carbons (Fsp3) is 0.643. The molecule has 0 bridgehead atoms. The Balaban J connectivity index is 2.13. The van der Waals surface area contributed by atoms with Crippen LogP contribution in [0.4, 0.5) is 0 Å². The molecule has 100 valence electrons. The van der Waals surface area contributed by atoms with Crippen LogP contribution in [0, 0.1) is 20.8 Å². The summed E-state index contributed by atoms with van der Waals surface area (Å²) in [6.07, 6.45) is 0. The van der Waals surface area contributed by atoms with E-state index in [0.717, 1.165) is 55.4 Å². The number of hydrogen-bond acceptors (Lipinski definition) is 3. The summed E-state index contributed by atoms with van der Waals surface area (Å²) in [5.74, 6) is 1.72. The van der Waals surface area contributed by atoms with Crippen LogP contribution in [0.3, 0.4) is 0 Å². The molecule has 0 aromatic carbocycles. The van der Waals surface area contributed by atoms with Gasteiger partial charge < -0.3 is 14.2 Å². The van der Waals surface area contributed by atoms with Gasteiger partial charge in [0.05, 0.1) is 5.56 Å². The number of amides is 1. The summed E-state index contributed by atoms with van der Waals surface area (Å²) in [6, 6.07) is 0. The van der Waals surface area contributed by atoms with Crippen LogP contribution < -0.4 is 0 Å². The number of hydrogen-bond donors (Lipinski definition) is 0. The Morgan fingerprint density at radius 1 is 1.11 bits per heavy atom. The number of likely N-dealkylation sites (N-methyl/N-ethyl adjacent to an activating group) is 1. The van der Waals surface area contributed by atoms with E-state index in [9.17, 15) is 4.79 Å². The van der Waals surface area contributed by atoms with Crippen molar-refractivity contribution in [2.24, 2.45) is 0 Å². The van der Waals surface area contributed by atoms with E-state index < -0.39 is 0 Å². The Morgan fingerprint density at radius 3 is 2.17 bits per heavy atom. The molecule has 0 radical (unpaired) electrons. The van der Waals surface area contributed by atoms with Crippen molar-refractivity contribution in [2.75, 3.05) is 32.7 Å². The lowest BCUT2D eigenvalue weighted by molar-refractivity contribution is 0.0641. The van der Waals surface area contributed by atoms with E-state index in [1.165, 1.54) is 0 Å². The van der Waals surface area contributed by atoms with Crippen LogP contribution in [0.2, 0.25) is 0 Å². The number of aryl methyl sites for hydroxylation is 2. The predicted molar refractivity (Wildman–Crippen MR) is 70.9 cm³/mol. The van der Waals surface area contributed by atoms with Crippen molar-refractivity contribution in [1.29, 1.82) is 0 Å². The molecule has 4 heteroatoms. The van der Waals surface area contributed by atoms with Crippen LogP contribution in [0.15, 0.2) is 4.42 Å². The van der Waals surface area contributed by atoms with Gasteiger partial charge in [-0.3, -0.25) is 4.79 Å². The molecule has 0 unspecified atom stereocenters. The van der Waals surface area contributed by atoms with Gasteiger partial charge in [-0.2, -0.15) is 0 Å². The molecule has 0 N–H and O–H groups in total. The second kappa shape index (κ2) is 5.14. The number of carbonyl (C=O) groups is 1. The predicted octanol–water partition coefficient (Wildman–Crippen LogP) is 1.98. The van der Waals surface area contributed by atoms with Gasteiger partial charge in [-0.05, 0) is 27.3 Å². The lowest BCUT2D eigenvalue weighted by atomic mass is 10.1. The molecule has 0 aliphatic carbocycles. The number of furan rings is 1. The van der Waals surface area contributed by atoms with Crippen LogP contribution >= 0.6 is 0 Å². The number of nitrogens with zero attached hydrogens (tertiary/aromatic N) is 2. The van der Waals surface area contributed by atoms with Crippen molar-refractivity contribution in [3.63, 3.8) is 0 Å². The summed E-state index contributed by atoms with van der Waals surface area (Å²) < 4.78 is 5.54. The molecule has 18 heavy (non-hydrogen) atoms. The van der Waals surface area contributed by atoms with Crippen molar-refractivity contribution in [3.05, 3.63) is 22.6 Å². The van der Waals surface area contributed by atoms with Gasteiger partial charge in [-0.25, -0.2) is 0 Å². The van der Waals surface area contributed by atoms with Gasteiger partial charge in [0.25, 0.3) is 5.91 Å². The normalized spacial score (nSPS) is 17.2. The van der Waals surface area contributed by atoms with Gasteiger partial charge in [-0.1, -0.05) is 6.92 Å². The first kappa shape index (κ1) is 13.1. The zero-order valence-electron chi connectivity index (χ0n) is 11.7. The zero-order valence-corrected chi connectivity index (χ0v) is 11.7. The number of piperazine rings is 1. The van der Waals surface area contributed by atoms with E-state index in [1.807, 2.05) is 25.7 Å². The van der Waals surface area contributed by atoms with Gasteiger partial charge in [-0.15, -0.1) is 0 Å². The highest BCUT2D eigenvalue weighted by Crippen LogP contribution is 2.22. The lowest BCUT2D eigenvalue weighted by Crippen LogP contribution is -2.48. The fourth-order valence-electron chi connectivity index (χ4n) is 2.53. The molecule has 2 heterocycles. The third kappa shape index (κ3) is 2.29. The summed E-state index contributed by atoms with van der Waals surface area (Å²) in [6.45, 7) is 12.5. The van der Waals surface area contributed by atoms with Gasteiger partial charge in [0.2, 0.25) is 0 Å².